The fraction of sp³-hybridized carbons (Fsp3) is 0.875. The molecule has 1 rings (SSSR count). The molecule has 0 radical (unpaired) electrons. The van der Waals surface area contributed by atoms with E-state index in [-0.39, 0.29) is 68.1 Å². The van der Waals surface area contributed by atoms with E-state index in [4.69, 9.17) is 0 Å². The van der Waals surface area contributed by atoms with E-state index >= 15 is 0 Å². The second-order valence-electron chi connectivity index (χ2n) is 4.20. The zero-order valence-corrected chi connectivity index (χ0v) is 11.0. The predicted molar refractivity (Wildman–Crippen MR) is 36.1 cm³/mol. The van der Waals surface area contributed by atoms with Gasteiger partial charge in [-0.25, -0.2) is 0 Å². The second kappa shape index (κ2) is 3.11. The van der Waals surface area contributed by atoms with Crippen LogP contribution >= 0.6 is 0 Å². The number of hydrogen-bond donors (Lipinski definition) is 0. The summed E-state index contributed by atoms with van der Waals surface area (Å²) < 4.78 is 0. The molecule has 1 saturated carbocycles. The van der Waals surface area contributed by atoms with Crippen molar-refractivity contribution in [2.24, 2.45) is 16.7 Å². The Balaban J connectivity index is 0.000001000. The van der Waals surface area contributed by atoms with Crippen LogP contribution in [0.4, 0.5) is 0 Å². The third-order valence-corrected chi connectivity index (χ3v) is 3.26. The average Bonchev–Trinajstić information content (AvgIpc) is 1.97. The molecule has 0 aliphatic heterocycles. The van der Waals surface area contributed by atoms with Gasteiger partial charge in [-0.3, -0.25) is 0 Å². The van der Waals surface area contributed by atoms with Gasteiger partial charge in [0, 0.05) is 11.9 Å². The molecular formula is C8H13KO2. The van der Waals surface area contributed by atoms with Gasteiger partial charge in [-0.15, -0.1) is 0 Å². The van der Waals surface area contributed by atoms with Crippen molar-refractivity contribution >= 4 is 5.97 Å². The smallest absolute Gasteiger partial charge is 0.550 e. The molecule has 0 aromatic carbocycles. The first kappa shape index (κ1) is 12.1. The van der Waals surface area contributed by atoms with Gasteiger partial charge in [0.05, 0.1) is 0 Å². The number of carbonyl (C=O) groups is 1. The van der Waals surface area contributed by atoms with Gasteiger partial charge >= 0.3 is 51.4 Å². The van der Waals surface area contributed by atoms with Gasteiger partial charge in [0.15, 0.2) is 0 Å². The summed E-state index contributed by atoms with van der Waals surface area (Å²) >= 11 is 0. The number of carbonyl (C=O) groups excluding carboxylic acids is 1. The largest absolute Gasteiger partial charge is 1.00 e. The van der Waals surface area contributed by atoms with Gasteiger partial charge in [0.1, 0.15) is 0 Å². The van der Waals surface area contributed by atoms with Gasteiger partial charge in [-0.2, -0.15) is 0 Å². The predicted octanol–water partition coefficient (Wildman–Crippen LogP) is -2.58. The Labute approximate surface area is 110 Å². The fourth-order valence-corrected chi connectivity index (χ4v) is 1.79. The van der Waals surface area contributed by atoms with E-state index < -0.39 is 5.97 Å². The average molecular weight is 180 g/mol. The first-order chi connectivity index (χ1) is 4.32. The Morgan fingerprint density at radius 1 is 1.18 bits per heavy atom. The maximum absolute atomic E-state index is 10.5. The van der Waals surface area contributed by atoms with Crippen LogP contribution in [0, 0.1) is 16.7 Å². The summed E-state index contributed by atoms with van der Waals surface area (Å²) in [5.74, 6) is -1.17. The first-order valence-electron chi connectivity index (χ1n) is 3.52. The molecule has 0 N–H and O–H groups in total. The van der Waals surface area contributed by atoms with Crippen molar-refractivity contribution in [1.82, 2.24) is 0 Å². The Morgan fingerprint density at radius 3 is 1.45 bits per heavy atom. The van der Waals surface area contributed by atoms with Crippen molar-refractivity contribution in [2.75, 3.05) is 0 Å². The molecule has 0 aromatic heterocycles. The van der Waals surface area contributed by atoms with Crippen LogP contribution in [0.1, 0.15) is 27.7 Å². The SMILES string of the molecule is CC1(C)C(C(=O)[O-])C1(C)C.[K+]. The van der Waals surface area contributed by atoms with Crippen LogP contribution in [-0.4, -0.2) is 5.97 Å². The van der Waals surface area contributed by atoms with E-state index in [1.807, 2.05) is 27.7 Å². The Morgan fingerprint density at radius 2 is 1.45 bits per heavy atom. The minimum Gasteiger partial charge on any atom is -0.550 e. The van der Waals surface area contributed by atoms with Gasteiger partial charge in [0.25, 0.3) is 0 Å². The fourth-order valence-electron chi connectivity index (χ4n) is 1.79. The maximum Gasteiger partial charge on any atom is 1.00 e. The van der Waals surface area contributed by atoms with Crippen molar-refractivity contribution in [2.45, 2.75) is 27.7 Å². The monoisotopic (exact) mass is 180 g/mol. The summed E-state index contributed by atoms with van der Waals surface area (Å²) in [5.41, 5.74) is -0.155. The van der Waals surface area contributed by atoms with E-state index in [2.05, 4.69) is 0 Å². The normalized spacial score (nSPS) is 25.5. The molecule has 0 heterocycles. The molecule has 58 valence electrons. The molecule has 3 heteroatoms. The molecule has 0 aromatic rings. The van der Waals surface area contributed by atoms with E-state index in [0.29, 0.717) is 0 Å². The van der Waals surface area contributed by atoms with Crippen molar-refractivity contribution in [3.63, 3.8) is 0 Å². The van der Waals surface area contributed by atoms with Crippen LogP contribution in [-0.2, 0) is 4.79 Å². The quantitative estimate of drug-likeness (QED) is 0.416. The van der Waals surface area contributed by atoms with E-state index in [1.54, 1.807) is 0 Å². The van der Waals surface area contributed by atoms with Gasteiger partial charge < -0.3 is 9.90 Å². The zero-order chi connectivity index (χ0) is 8.15. The second-order valence-corrected chi connectivity index (χ2v) is 4.20. The summed E-state index contributed by atoms with van der Waals surface area (Å²) in [5, 5.41) is 10.5. The summed E-state index contributed by atoms with van der Waals surface area (Å²) in [6.07, 6.45) is 0. The maximum atomic E-state index is 10.5. The standard InChI is InChI=1S/C8H14O2.K/c1-7(2)5(6(9)10)8(7,3)4;/h5H,1-4H3,(H,9,10);/q;+1/p-1. The minimum atomic E-state index is -0.907. The molecule has 0 amide bonds. The molecule has 0 unspecified atom stereocenters. The van der Waals surface area contributed by atoms with Crippen LogP contribution in [0.15, 0.2) is 0 Å². The third kappa shape index (κ3) is 1.58. The molecule has 0 bridgehead atoms. The van der Waals surface area contributed by atoms with Crippen LogP contribution in [0.2, 0.25) is 0 Å². The van der Waals surface area contributed by atoms with E-state index in [1.165, 1.54) is 0 Å². The van der Waals surface area contributed by atoms with Gasteiger partial charge in [-0.05, 0) is 10.8 Å². The van der Waals surface area contributed by atoms with E-state index in [9.17, 15) is 9.90 Å². The van der Waals surface area contributed by atoms with Crippen LogP contribution in [0.5, 0.6) is 0 Å². The number of aliphatic carboxylic acids is 1. The third-order valence-electron chi connectivity index (χ3n) is 3.26. The number of hydrogen-bond acceptors (Lipinski definition) is 2. The Hall–Kier alpha value is 1.11. The number of carboxylic acids is 1. The van der Waals surface area contributed by atoms with Crippen LogP contribution < -0.4 is 56.5 Å². The van der Waals surface area contributed by atoms with E-state index in [0.717, 1.165) is 0 Å². The molecule has 1 fully saturated rings. The summed E-state index contributed by atoms with van der Waals surface area (Å²) in [6.45, 7) is 7.86. The molecule has 1 aliphatic carbocycles. The van der Waals surface area contributed by atoms with Crippen molar-refractivity contribution in [1.29, 1.82) is 0 Å². The molecule has 0 atom stereocenters. The summed E-state index contributed by atoms with van der Waals surface area (Å²) in [4.78, 5) is 10.5. The molecule has 1 aliphatic rings. The summed E-state index contributed by atoms with van der Waals surface area (Å²) in [6, 6.07) is 0. The molecule has 2 nitrogen and oxygen atoms in total. The molecule has 0 saturated heterocycles. The summed E-state index contributed by atoms with van der Waals surface area (Å²) in [7, 11) is 0. The van der Waals surface area contributed by atoms with Crippen molar-refractivity contribution in [3.05, 3.63) is 0 Å². The molecular weight excluding hydrogens is 167 g/mol. The van der Waals surface area contributed by atoms with Crippen molar-refractivity contribution in [3.8, 4) is 0 Å². The Kier molecular flexibility index (Phi) is 3.42. The zero-order valence-electron chi connectivity index (χ0n) is 7.89. The first-order valence-corrected chi connectivity index (χ1v) is 3.52. The number of rotatable bonds is 1. The molecule has 11 heavy (non-hydrogen) atoms. The van der Waals surface area contributed by atoms with Crippen LogP contribution in [0.25, 0.3) is 0 Å². The Bertz CT molecular complexity index is 171. The van der Waals surface area contributed by atoms with Gasteiger partial charge in [-0.1, -0.05) is 27.7 Å². The van der Waals surface area contributed by atoms with Crippen LogP contribution in [0.3, 0.4) is 0 Å². The van der Waals surface area contributed by atoms with Gasteiger partial charge in [0.2, 0.25) is 0 Å². The van der Waals surface area contributed by atoms with Crippen molar-refractivity contribution < 1.29 is 61.3 Å². The molecule has 0 spiro atoms. The number of carboxylic acid groups (broad SMARTS) is 1. The topological polar surface area (TPSA) is 40.1 Å². The minimum absolute atomic E-state index is 0.